The summed E-state index contributed by atoms with van der Waals surface area (Å²) in [7, 11) is -1.41. The van der Waals surface area contributed by atoms with Gasteiger partial charge < -0.3 is 15.2 Å². The van der Waals surface area contributed by atoms with Crippen LogP contribution in [0.4, 0.5) is 14.6 Å². The molecule has 0 aromatic carbocycles. The van der Waals surface area contributed by atoms with Crippen LogP contribution in [0.5, 0.6) is 0 Å². The van der Waals surface area contributed by atoms with Gasteiger partial charge in [-0.3, -0.25) is 18.1 Å². The number of terminal acetylenes is 1. The molecule has 0 spiro atoms. The minimum Gasteiger partial charge on any atom is -0.383 e. The van der Waals surface area contributed by atoms with Crippen molar-refractivity contribution in [2.24, 2.45) is 0 Å². The molecule has 0 bridgehead atoms. The number of nitrogens with zero attached hydrogens (tertiary/aromatic N) is 2. The highest BCUT2D eigenvalue weighted by Gasteiger charge is 2.65. The summed E-state index contributed by atoms with van der Waals surface area (Å²) in [6.45, 7) is -0.458. The molecule has 2 unspecified atom stereocenters. The average Bonchev–Trinajstić information content (AvgIpc) is 2.97. The first-order chi connectivity index (χ1) is 14.7. The standard InChI is InChI=1S/C16H18F2N3O7PS2/c1-2-5-24-10-7-30-31-8-11(10)27-29(23)25-6-9-13(28-29)16(17,18)14(26-9)21-4-3-12(19)20-15(21)22/h1,3-4,9-11,13-14H,5-8H2,(H2,19,20,22)/t9-,10?,11+,13-,14-,29?/m1/s1. The van der Waals surface area contributed by atoms with Crippen molar-refractivity contribution in [1.82, 2.24) is 9.55 Å². The normalized spacial score (nSPS) is 37.1. The van der Waals surface area contributed by atoms with Crippen LogP contribution in [0.2, 0.25) is 0 Å². The number of nitrogens with two attached hydrogens (primary N) is 1. The minimum absolute atomic E-state index is 0.0183. The van der Waals surface area contributed by atoms with Gasteiger partial charge in [0.05, 0.1) is 12.7 Å². The van der Waals surface area contributed by atoms with E-state index in [-0.39, 0.29) is 12.4 Å². The lowest BCUT2D eigenvalue weighted by molar-refractivity contribution is -0.140. The number of phosphoric ester groups is 1. The Hall–Kier alpha value is -1.17. The Labute approximate surface area is 183 Å². The number of ether oxygens (including phenoxy) is 2. The topological polar surface area (TPSA) is 124 Å². The molecule has 4 rings (SSSR count). The van der Waals surface area contributed by atoms with E-state index in [9.17, 15) is 9.36 Å². The van der Waals surface area contributed by atoms with Crippen molar-refractivity contribution < 1.29 is 36.4 Å². The Morgan fingerprint density at radius 3 is 2.87 bits per heavy atom. The van der Waals surface area contributed by atoms with E-state index in [2.05, 4.69) is 10.9 Å². The summed E-state index contributed by atoms with van der Waals surface area (Å²) < 4.78 is 70.5. The van der Waals surface area contributed by atoms with Gasteiger partial charge >= 0.3 is 19.4 Å². The van der Waals surface area contributed by atoms with Gasteiger partial charge in [0.1, 0.15) is 24.6 Å². The van der Waals surface area contributed by atoms with Crippen LogP contribution >= 0.6 is 29.4 Å². The Balaban J connectivity index is 1.51. The monoisotopic (exact) mass is 497 g/mol. The number of hydrogen-bond acceptors (Lipinski definition) is 11. The van der Waals surface area contributed by atoms with Crippen LogP contribution in [0.15, 0.2) is 17.1 Å². The van der Waals surface area contributed by atoms with Crippen LogP contribution in [0.25, 0.3) is 0 Å². The number of alkyl halides is 2. The first kappa shape index (κ1) is 23.0. The lowest BCUT2D eigenvalue weighted by Gasteiger charge is -2.36. The Morgan fingerprint density at radius 1 is 1.42 bits per heavy atom. The maximum atomic E-state index is 15.1. The summed E-state index contributed by atoms with van der Waals surface area (Å²) in [4.78, 5) is 15.4. The van der Waals surface area contributed by atoms with Crippen LogP contribution in [-0.4, -0.2) is 64.6 Å². The molecule has 10 nitrogen and oxygen atoms in total. The van der Waals surface area contributed by atoms with Crippen molar-refractivity contribution in [2.45, 2.75) is 36.6 Å². The fourth-order valence-electron chi connectivity index (χ4n) is 3.25. The summed E-state index contributed by atoms with van der Waals surface area (Å²) in [5.41, 5.74) is 4.38. The highest BCUT2D eigenvalue weighted by molar-refractivity contribution is 8.76. The lowest BCUT2D eigenvalue weighted by atomic mass is 10.1. The quantitative estimate of drug-likeness (QED) is 0.363. The fourth-order valence-corrected chi connectivity index (χ4v) is 7.38. The largest absolute Gasteiger partial charge is 0.475 e. The summed E-state index contributed by atoms with van der Waals surface area (Å²) in [6.07, 6.45) is -0.273. The third-order valence-electron chi connectivity index (χ3n) is 4.70. The molecular formula is C16H18F2N3O7PS2. The Bertz CT molecular complexity index is 977. The summed E-state index contributed by atoms with van der Waals surface area (Å²) in [6, 6.07) is 1.18. The van der Waals surface area contributed by atoms with Gasteiger partial charge in [-0.1, -0.05) is 27.5 Å². The molecule has 0 aliphatic carbocycles. The zero-order valence-corrected chi connectivity index (χ0v) is 18.3. The number of halogens is 2. The van der Waals surface area contributed by atoms with Crippen molar-refractivity contribution >= 4 is 35.2 Å². The van der Waals surface area contributed by atoms with Crippen molar-refractivity contribution in [3.05, 3.63) is 22.7 Å². The predicted molar refractivity (Wildman–Crippen MR) is 109 cm³/mol. The second-order valence-corrected chi connectivity index (χ2v) is 10.9. The third-order valence-corrected chi connectivity index (χ3v) is 8.59. The highest BCUT2D eigenvalue weighted by atomic mass is 33.1. The number of rotatable bonds is 5. The molecule has 6 atom stereocenters. The van der Waals surface area contributed by atoms with Gasteiger partial charge in [-0.25, -0.2) is 9.36 Å². The molecule has 170 valence electrons. The molecule has 3 aliphatic heterocycles. The number of fused-ring (bicyclic) bond motifs is 1. The molecule has 3 fully saturated rings. The van der Waals surface area contributed by atoms with E-state index in [4.69, 9.17) is 35.2 Å². The zero-order chi connectivity index (χ0) is 22.2. The predicted octanol–water partition coefficient (Wildman–Crippen LogP) is 1.68. The second-order valence-electron chi connectivity index (χ2n) is 6.78. The maximum Gasteiger partial charge on any atom is 0.475 e. The van der Waals surface area contributed by atoms with Crippen molar-refractivity contribution in [1.29, 1.82) is 0 Å². The summed E-state index contributed by atoms with van der Waals surface area (Å²) in [5, 5.41) is 0. The van der Waals surface area contributed by atoms with Gasteiger partial charge in [0.2, 0.25) is 6.23 Å². The van der Waals surface area contributed by atoms with Gasteiger partial charge in [-0.2, -0.15) is 13.8 Å². The first-order valence-corrected chi connectivity index (χ1v) is 13.0. The number of anilines is 1. The molecule has 3 saturated heterocycles. The van der Waals surface area contributed by atoms with E-state index in [0.717, 1.165) is 6.20 Å². The number of phosphoric acid groups is 1. The van der Waals surface area contributed by atoms with E-state index in [0.29, 0.717) is 16.1 Å². The van der Waals surface area contributed by atoms with Crippen LogP contribution in [-0.2, 0) is 27.6 Å². The number of aromatic nitrogens is 2. The number of hydrogen-bond donors (Lipinski definition) is 1. The van der Waals surface area contributed by atoms with E-state index in [1.165, 1.54) is 27.7 Å². The van der Waals surface area contributed by atoms with Crippen molar-refractivity contribution in [3.8, 4) is 12.3 Å². The third kappa shape index (κ3) is 4.65. The van der Waals surface area contributed by atoms with Crippen LogP contribution in [0.3, 0.4) is 0 Å². The van der Waals surface area contributed by atoms with E-state index >= 15 is 8.78 Å². The number of nitrogen functional groups attached to an aromatic ring is 1. The smallest absolute Gasteiger partial charge is 0.383 e. The van der Waals surface area contributed by atoms with Gasteiger partial charge in [0, 0.05) is 17.7 Å². The van der Waals surface area contributed by atoms with Crippen molar-refractivity contribution in [2.75, 3.05) is 30.5 Å². The molecule has 2 N–H and O–H groups in total. The fraction of sp³-hybridized carbons (Fsp3) is 0.625. The SMILES string of the molecule is C#CCOC1CSSC[C@@H]1OP1(=O)OC[C@H]2O[C@@H](n3ccc(N)nc3=O)C(F)(F)[C@@H]2O1. The van der Waals surface area contributed by atoms with Gasteiger partial charge in [-0.05, 0) is 6.07 Å². The summed E-state index contributed by atoms with van der Waals surface area (Å²) >= 11 is 0. The molecule has 15 heteroatoms. The molecule has 31 heavy (non-hydrogen) atoms. The van der Waals surface area contributed by atoms with E-state index in [1.807, 2.05) is 0 Å². The maximum absolute atomic E-state index is 15.1. The first-order valence-electron chi connectivity index (χ1n) is 9.02. The van der Waals surface area contributed by atoms with Gasteiger partial charge in [0.25, 0.3) is 0 Å². The van der Waals surface area contributed by atoms with Crippen LogP contribution in [0, 0.1) is 12.3 Å². The molecule has 0 saturated carbocycles. The molecule has 0 radical (unpaired) electrons. The van der Waals surface area contributed by atoms with Gasteiger partial charge in [0.15, 0.2) is 6.10 Å². The lowest BCUT2D eigenvalue weighted by Crippen LogP contribution is -2.46. The molecular weight excluding hydrogens is 479 g/mol. The second kappa shape index (κ2) is 8.99. The van der Waals surface area contributed by atoms with E-state index in [1.54, 1.807) is 0 Å². The zero-order valence-electron chi connectivity index (χ0n) is 15.8. The Kier molecular flexibility index (Phi) is 6.67. The van der Waals surface area contributed by atoms with E-state index < -0.39 is 56.7 Å². The Morgan fingerprint density at radius 2 is 2.16 bits per heavy atom. The van der Waals surface area contributed by atoms with Crippen molar-refractivity contribution in [3.63, 3.8) is 0 Å². The molecule has 3 aliphatic rings. The molecule has 1 aromatic rings. The van der Waals surface area contributed by atoms with Crippen LogP contribution in [0.1, 0.15) is 6.23 Å². The minimum atomic E-state index is -4.38. The van der Waals surface area contributed by atoms with Crippen LogP contribution < -0.4 is 11.4 Å². The van der Waals surface area contributed by atoms with Gasteiger partial charge in [-0.15, -0.1) is 6.42 Å². The summed E-state index contributed by atoms with van der Waals surface area (Å²) in [5.74, 6) is -0.652. The molecule has 4 heterocycles. The molecule has 1 aromatic heterocycles. The molecule has 0 amide bonds. The average molecular weight is 497 g/mol. The highest BCUT2D eigenvalue weighted by Crippen LogP contribution is 2.61.